The van der Waals surface area contributed by atoms with Crippen LogP contribution in [-0.2, 0) is 21.3 Å². The lowest BCUT2D eigenvalue weighted by Crippen LogP contribution is -2.19. The predicted octanol–water partition coefficient (Wildman–Crippen LogP) is 3.26. The van der Waals surface area contributed by atoms with Crippen molar-refractivity contribution >= 4 is 31.6 Å². The van der Waals surface area contributed by atoms with Crippen LogP contribution in [0.25, 0.3) is 10.2 Å². The number of nitrogens with zero attached hydrogens (tertiary/aromatic N) is 2. The number of sulfonamides is 1. The van der Waals surface area contributed by atoms with Gasteiger partial charge in [-0.2, -0.15) is 8.42 Å². The van der Waals surface area contributed by atoms with Crippen LogP contribution in [0.2, 0.25) is 0 Å². The maximum absolute atomic E-state index is 12.6. The molecule has 0 spiro atoms. The standard InChI is InChI=1S/C18H20N2O3S2/c1-13-11-16-17(12-14(13)2)24-18(20(16)9-10-23-3)19-25(21,22)15-7-5-4-6-8-15/h4-8,11-12H,9-10H2,1-3H3. The molecule has 3 rings (SSSR count). The zero-order valence-electron chi connectivity index (χ0n) is 14.4. The summed E-state index contributed by atoms with van der Waals surface area (Å²) in [5.74, 6) is 0. The molecule has 0 saturated carbocycles. The molecule has 132 valence electrons. The van der Waals surface area contributed by atoms with Gasteiger partial charge in [-0.25, -0.2) is 0 Å². The van der Waals surface area contributed by atoms with E-state index in [-0.39, 0.29) is 4.90 Å². The van der Waals surface area contributed by atoms with Gasteiger partial charge >= 0.3 is 0 Å². The summed E-state index contributed by atoms with van der Waals surface area (Å²) >= 11 is 1.38. The monoisotopic (exact) mass is 376 g/mol. The van der Waals surface area contributed by atoms with Gasteiger partial charge in [-0.05, 0) is 49.2 Å². The molecule has 0 radical (unpaired) electrons. The lowest BCUT2D eigenvalue weighted by molar-refractivity contribution is 0.187. The molecule has 0 N–H and O–H groups in total. The largest absolute Gasteiger partial charge is 0.383 e. The molecule has 0 bridgehead atoms. The Morgan fingerprint density at radius 2 is 1.80 bits per heavy atom. The Labute approximate surface area is 151 Å². The molecule has 2 aromatic carbocycles. The molecular weight excluding hydrogens is 356 g/mol. The average molecular weight is 377 g/mol. The zero-order chi connectivity index (χ0) is 18.0. The van der Waals surface area contributed by atoms with Crippen molar-refractivity contribution in [1.82, 2.24) is 4.57 Å². The minimum atomic E-state index is -3.75. The maximum Gasteiger partial charge on any atom is 0.285 e. The van der Waals surface area contributed by atoms with E-state index >= 15 is 0 Å². The molecule has 0 aliphatic heterocycles. The van der Waals surface area contributed by atoms with Gasteiger partial charge in [0.2, 0.25) is 4.80 Å². The summed E-state index contributed by atoms with van der Waals surface area (Å²) in [6, 6.07) is 12.4. The number of methoxy groups -OCH3 is 1. The molecule has 0 unspecified atom stereocenters. The molecule has 0 fully saturated rings. The predicted molar refractivity (Wildman–Crippen MR) is 100 cm³/mol. The van der Waals surface area contributed by atoms with Gasteiger partial charge in [0.1, 0.15) is 0 Å². The summed E-state index contributed by atoms with van der Waals surface area (Å²) in [5, 5.41) is 0. The lowest BCUT2D eigenvalue weighted by atomic mass is 10.1. The van der Waals surface area contributed by atoms with Crippen molar-refractivity contribution in [1.29, 1.82) is 0 Å². The Morgan fingerprint density at radius 3 is 2.48 bits per heavy atom. The molecule has 0 aliphatic rings. The summed E-state index contributed by atoms with van der Waals surface area (Å²) in [7, 11) is -2.13. The van der Waals surface area contributed by atoms with Crippen molar-refractivity contribution in [3.8, 4) is 0 Å². The number of aryl methyl sites for hydroxylation is 2. The minimum Gasteiger partial charge on any atom is -0.383 e. The topological polar surface area (TPSA) is 60.7 Å². The number of hydrogen-bond donors (Lipinski definition) is 0. The van der Waals surface area contributed by atoms with Gasteiger partial charge in [0, 0.05) is 13.7 Å². The highest BCUT2D eigenvalue weighted by Crippen LogP contribution is 2.22. The third-order valence-electron chi connectivity index (χ3n) is 4.06. The maximum atomic E-state index is 12.6. The molecule has 7 heteroatoms. The first kappa shape index (κ1) is 17.8. The summed E-state index contributed by atoms with van der Waals surface area (Å²) in [6.45, 7) is 5.12. The zero-order valence-corrected chi connectivity index (χ0v) is 16.0. The number of fused-ring (bicyclic) bond motifs is 1. The Bertz CT molecular complexity index is 1060. The molecule has 0 aliphatic carbocycles. The van der Waals surface area contributed by atoms with Gasteiger partial charge in [0.15, 0.2) is 0 Å². The first-order valence-electron chi connectivity index (χ1n) is 7.88. The summed E-state index contributed by atoms with van der Waals surface area (Å²) in [6.07, 6.45) is 0. The van der Waals surface area contributed by atoms with Crippen LogP contribution in [0.4, 0.5) is 0 Å². The summed E-state index contributed by atoms with van der Waals surface area (Å²) in [4.78, 5) is 0.652. The lowest BCUT2D eigenvalue weighted by Gasteiger charge is -2.06. The van der Waals surface area contributed by atoms with Crippen LogP contribution in [0.3, 0.4) is 0 Å². The first-order valence-corrected chi connectivity index (χ1v) is 10.1. The molecule has 0 atom stereocenters. The second-order valence-electron chi connectivity index (χ2n) is 5.81. The quantitative estimate of drug-likeness (QED) is 0.687. The fourth-order valence-corrected chi connectivity index (χ4v) is 4.90. The normalized spacial score (nSPS) is 12.8. The van der Waals surface area contributed by atoms with E-state index in [9.17, 15) is 8.42 Å². The molecule has 3 aromatic rings. The Kier molecular flexibility index (Phi) is 5.08. The van der Waals surface area contributed by atoms with Crippen LogP contribution in [0, 0.1) is 13.8 Å². The smallest absolute Gasteiger partial charge is 0.285 e. The van der Waals surface area contributed by atoms with Crippen molar-refractivity contribution in [3.63, 3.8) is 0 Å². The van der Waals surface area contributed by atoms with Crippen molar-refractivity contribution in [3.05, 3.63) is 58.4 Å². The minimum absolute atomic E-state index is 0.193. The van der Waals surface area contributed by atoms with Crippen molar-refractivity contribution in [2.75, 3.05) is 13.7 Å². The molecule has 5 nitrogen and oxygen atoms in total. The number of benzene rings is 2. The van der Waals surface area contributed by atoms with Crippen LogP contribution in [-0.4, -0.2) is 26.7 Å². The second kappa shape index (κ2) is 7.11. The fourth-order valence-electron chi connectivity index (χ4n) is 2.54. The van der Waals surface area contributed by atoms with E-state index in [4.69, 9.17) is 4.74 Å². The van der Waals surface area contributed by atoms with Gasteiger partial charge in [-0.3, -0.25) is 0 Å². The SMILES string of the molecule is COCCn1c(=NS(=O)(=O)c2ccccc2)sc2cc(C)c(C)cc21. The second-order valence-corrected chi connectivity index (χ2v) is 8.43. The highest BCUT2D eigenvalue weighted by Gasteiger charge is 2.15. The Hall–Kier alpha value is -1.96. The Morgan fingerprint density at radius 1 is 1.12 bits per heavy atom. The van der Waals surface area contributed by atoms with E-state index in [2.05, 4.69) is 16.5 Å². The molecule has 1 heterocycles. The molecule has 25 heavy (non-hydrogen) atoms. The van der Waals surface area contributed by atoms with E-state index in [0.717, 1.165) is 15.8 Å². The van der Waals surface area contributed by atoms with E-state index in [1.165, 1.54) is 16.9 Å². The van der Waals surface area contributed by atoms with Crippen LogP contribution < -0.4 is 4.80 Å². The van der Waals surface area contributed by atoms with Crippen molar-refractivity contribution < 1.29 is 13.2 Å². The fraction of sp³-hybridized carbons (Fsp3) is 0.278. The number of hydrogen-bond acceptors (Lipinski definition) is 4. The van der Waals surface area contributed by atoms with E-state index < -0.39 is 10.0 Å². The Balaban J connectivity index is 2.24. The van der Waals surface area contributed by atoms with E-state index in [1.54, 1.807) is 37.4 Å². The molecular formula is C18H20N2O3S2. The first-order chi connectivity index (χ1) is 11.9. The van der Waals surface area contributed by atoms with E-state index in [0.29, 0.717) is 18.0 Å². The van der Waals surface area contributed by atoms with Crippen LogP contribution in [0.1, 0.15) is 11.1 Å². The van der Waals surface area contributed by atoms with Gasteiger partial charge in [0.05, 0.1) is 21.7 Å². The molecule has 0 amide bonds. The van der Waals surface area contributed by atoms with Gasteiger partial charge < -0.3 is 9.30 Å². The molecule has 1 aromatic heterocycles. The van der Waals surface area contributed by atoms with E-state index in [1.807, 2.05) is 18.4 Å². The third-order valence-corrected chi connectivity index (χ3v) is 6.49. The van der Waals surface area contributed by atoms with Gasteiger partial charge in [0.25, 0.3) is 10.0 Å². The van der Waals surface area contributed by atoms with Gasteiger partial charge in [-0.15, -0.1) is 4.40 Å². The van der Waals surface area contributed by atoms with Crippen LogP contribution >= 0.6 is 11.3 Å². The highest BCUT2D eigenvalue weighted by atomic mass is 32.2. The molecule has 0 saturated heterocycles. The van der Waals surface area contributed by atoms with Crippen molar-refractivity contribution in [2.24, 2.45) is 4.40 Å². The number of ether oxygens (including phenoxy) is 1. The van der Waals surface area contributed by atoms with Gasteiger partial charge in [-0.1, -0.05) is 29.5 Å². The van der Waals surface area contributed by atoms with Crippen LogP contribution in [0.15, 0.2) is 51.8 Å². The third kappa shape index (κ3) is 3.68. The van der Waals surface area contributed by atoms with Crippen LogP contribution in [0.5, 0.6) is 0 Å². The summed E-state index contributed by atoms with van der Waals surface area (Å²) in [5.41, 5.74) is 3.31. The average Bonchev–Trinajstić information content (AvgIpc) is 2.90. The van der Waals surface area contributed by atoms with Crippen molar-refractivity contribution in [2.45, 2.75) is 25.3 Å². The number of aromatic nitrogens is 1. The number of rotatable bonds is 5. The highest BCUT2D eigenvalue weighted by molar-refractivity contribution is 7.90. The number of thiazole rings is 1. The summed E-state index contributed by atoms with van der Waals surface area (Å²) < 4.78 is 37.5.